The van der Waals surface area contributed by atoms with Crippen molar-refractivity contribution >= 4 is 22.8 Å². The van der Waals surface area contributed by atoms with Gasteiger partial charge in [0.1, 0.15) is 0 Å². The van der Waals surface area contributed by atoms with Crippen molar-refractivity contribution in [3.63, 3.8) is 0 Å². The Morgan fingerprint density at radius 3 is 2.67 bits per heavy atom. The van der Waals surface area contributed by atoms with Crippen LogP contribution in [0, 0.1) is 0 Å². The Hall–Kier alpha value is -3.88. The largest absolute Gasteiger partial charge is 0.493 e. The molecule has 0 N–H and O–H groups in total. The topological polar surface area (TPSA) is 100.0 Å². The van der Waals surface area contributed by atoms with E-state index in [9.17, 15) is 14.4 Å². The van der Waals surface area contributed by atoms with E-state index < -0.39 is 5.97 Å². The van der Waals surface area contributed by atoms with Gasteiger partial charge >= 0.3 is 5.97 Å². The molecule has 36 heavy (non-hydrogen) atoms. The molecule has 1 amide bonds. The number of esters is 1. The van der Waals surface area contributed by atoms with Crippen LogP contribution in [0.4, 0.5) is 0 Å². The van der Waals surface area contributed by atoms with Gasteiger partial charge in [0.25, 0.3) is 11.5 Å². The number of hydrogen-bond acceptors (Lipinski definition) is 7. The van der Waals surface area contributed by atoms with Crippen LogP contribution in [-0.2, 0) is 27.3 Å². The molecule has 9 nitrogen and oxygen atoms in total. The number of aryl methyl sites for hydroxylation is 2. The molecule has 2 aromatic carbocycles. The molecule has 0 bridgehead atoms. The quantitative estimate of drug-likeness (QED) is 0.422. The summed E-state index contributed by atoms with van der Waals surface area (Å²) < 4.78 is 17.2. The Kier molecular flexibility index (Phi) is 7.87. The minimum absolute atomic E-state index is 0.00739. The number of rotatable bonds is 9. The van der Waals surface area contributed by atoms with Gasteiger partial charge in [-0.25, -0.2) is 4.98 Å². The highest BCUT2D eigenvalue weighted by Gasteiger charge is 2.27. The summed E-state index contributed by atoms with van der Waals surface area (Å²) in [4.78, 5) is 43.8. The summed E-state index contributed by atoms with van der Waals surface area (Å²) >= 11 is 0. The van der Waals surface area contributed by atoms with E-state index in [4.69, 9.17) is 14.2 Å². The second kappa shape index (κ2) is 11.2. The fraction of sp³-hybridized carbons (Fsp3) is 0.407. The molecular formula is C27H31N3O6. The van der Waals surface area contributed by atoms with Crippen molar-refractivity contribution in [2.45, 2.75) is 44.7 Å². The number of ether oxygens (including phenoxy) is 3. The first-order valence-corrected chi connectivity index (χ1v) is 12.0. The van der Waals surface area contributed by atoms with Crippen molar-refractivity contribution in [1.82, 2.24) is 14.5 Å². The molecule has 1 aliphatic carbocycles. The Labute approximate surface area is 209 Å². The molecule has 0 saturated heterocycles. The molecule has 9 heteroatoms. The number of aromatic nitrogens is 2. The lowest BCUT2D eigenvalue weighted by Crippen LogP contribution is -2.36. The molecule has 0 aliphatic heterocycles. The third kappa shape index (κ3) is 5.35. The number of carbonyl (C=O) groups is 2. The van der Waals surface area contributed by atoms with Crippen molar-refractivity contribution in [3.05, 3.63) is 64.2 Å². The zero-order chi connectivity index (χ0) is 25.7. The Balaban J connectivity index is 1.29. The van der Waals surface area contributed by atoms with E-state index in [0.717, 1.165) is 24.8 Å². The lowest BCUT2D eigenvalue weighted by Gasteiger charge is -2.33. The van der Waals surface area contributed by atoms with Crippen LogP contribution in [0.1, 0.15) is 42.9 Å². The second-order valence-electron chi connectivity index (χ2n) is 8.84. The highest BCUT2D eigenvalue weighted by Crippen LogP contribution is 2.33. The number of amides is 1. The van der Waals surface area contributed by atoms with E-state index in [-0.39, 0.29) is 37.1 Å². The first kappa shape index (κ1) is 25.2. The van der Waals surface area contributed by atoms with Gasteiger partial charge in [0.2, 0.25) is 0 Å². The summed E-state index contributed by atoms with van der Waals surface area (Å²) in [5, 5.41) is 0.399. The number of nitrogens with zero attached hydrogens (tertiary/aromatic N) is 3. The van der Waals surface area contributed by atoms with Crippen molar-refractivity contribution in [3.8, 4) is 11.5 Å². The van der Waals surface area contributed by atoms with E-state index in [0.29, 0.717) is 28.8 Å². The van der Waals surface area contributed by atoms with E-state index in [1.54, 1.807) is 24.1 Å². The Bertz CT molecular complexity index is 1320. The van der Waals surface area contributed by atoms with Crippen molar-refractivity contribution < 1.29 is 23.8 Å². The number of methoxy groups -OCH3 is 2. The first-order valence-electron chi connectivity index (χ1n) is 12.0. The number of likely N-dealkylation sites (N-methyl/N-ethyl adjacent to an activating group) is 1. The molecule has 0 spiro atoms. The minimum Gasteiger partial charge on any atom is -0.493 e. The maximum absolute atomic E-state index is 12.9. The standard InChI is InChI=1S/C27H31N3O6/c1-29(22-11-6-9-18-8-4-5-10-19(18)22)25(31)16-36-26(32)12-7-13-30-17-28-21-15-24(35-3)23(34-2)14-20(21)27(30)33/h4-5,8,10,14-15,17,22H,6-7,9,11-13,16H2,1-3H3. The Morgan fingerprint density at radius 1 is 1.14 bits per heavy atom. The monoisotopic (exact) mass is 493 g/mol. The van der Waals surface area contributed by atoms with Crippen LogP contribution < -0.4 is 15.0 Å². The summed E-state index contributed by atoms with van der Waals surface area (Å²) in [6.07, 6.45) is 4.82. The van der Waals surface area contributed by atoms with Gasteiger partial charge in [-0.3, -0.25) is 19.0 Å². The van der Waals surface area contributed by atoms with Gasteiger partial charge in [-0.05, 0) is 42.9 Å². The van der Waals surface area contributed by atoms with Crippen LogP contribution in [0.25, 0.3) is 10.9 Å². The second-order valence-corrected chi connectivity index (χ2v) is 8.84. The van der Waals surface area contributed by atoms with E-state index in [1.807, 2.05) is 12.1 Å². The molecule has 190 valence electrons. The van der Waals surface area contributed by atoms with Crippen LogP contribution in [-0.4, -0.2) is 54.2 Å². The number of fused-ring (bicyclic) bond motifs is 2. The molecule has 0 fully saturated rings. The summed E-state index contributed by atoms with van der Waals surface area (Å²) in [6.45, 7) is -0.00890. The SMILES string of the molecule is COc1cc2ncn(CCCC(=O)OCC(=O)N(C)C3CCCc4ccccc43)c(=O)c2cc1OC. The van der Waals surface area contributed by atoms with E-state index in [1.165, 1.54) is 30.7 Å². The fourth-order valence-electron chi connectivity index (χ4n) is 4.66. The molecule has 1 aromatic heterocycles. The predicted octanol–water partition coefficient (Wildman–Crippen LogP) is 3.27. The van der Waals surface area contributed by atoms with Crippen LogP contribution in [0.2, 0.25) is 0 Å². The number of hydrogen-bond donors (Lipinski definition) is 0. The molecule has 0 radical (unpaired) electrons. The third-order valence-corrected chi connectivity index (χ3v) is 6.66. The summed E-state index contributed by atoms with van der Waals surface area (Å²) in [5.74, 6) is 0.222. The van der Waals surface area contributed by atoms with Crippen LogP contribution in [0.3, 0.4) is 0 Å². The number of carbonyl (C=O) groups excluding carboxylic acids is 2. The highest BCUT2D eigenvalue weighted by atomic mass is 16.5. The average Bonchev–Trinajstić information content (AvgIpc) is 2.91. The molecule has 1 heterocycles. The molecule has 4 rings (SSSR count). The maximum atomic E-state index is 12.9. The zero-order valence-corrected chi connectivity index (χ0v) is 20.9. The predicted molar refractivity (Wildman–Crippen MR) is 134 cm³/mol. The molecule has 1 unspecified atom stereocenters. The van der Waals surface area contributed by atoms with Gasteiger partial charge in [-0.2, -0.15) is 0 Å². The lowest BCUT2D eigenvalue weighted by molar-refractivity contribution is -0.152. The van der Waals surface area contributed by atoms with Crippen molar-refractivity contribution in [2.75, 3.05) is 27.9 Å². The fourth-order valence-corrected chi connectivity index (χ4v) is 4.66. The van der Waals surface area contributed by atoms with Crippen LogP contribution >= 0.6 is 0 Å². The minimum atomic E-state index is -0.478. The van der Waals surface area contributed by atoms with Crippen molar-refractivity contribution in [2.24, 2.45) is 0 Å². The van der Waals surface area contributed by atoms with Gasteiger partial charge in [-0.1, -0.05) is 24.3 Å². The first-order chi connectivity index (χ1) is 17.4. The van der Waals surface area contributed by atoms with Gasteiger partial charge in [0.15, 0.2) is 18.1 Å². The zero-order valence-electron chi connectivity index (χ0n) is 20.9. The van der Waals surface area contributed by atoms with Gasteiger partial charge < -0.3 is 19.1 Å². The van der Waals surface area contributed by atoms with Gasteiger partial charge in [0.05, 0.1) is 37.5 Å². The normalized spacial score (nSPS) is 14.7. The van der Waals surface area contributed by atoms with Crippen molar-refractivity contribution in [1.29, 1.82) is 0 Å². The molecule has 1 aliphatic rings. The van der Waals surface area contributed by atoms with Crippen LogP contribution in [0.15, 0.2) is 47.5 Å². The van der Waals surface area contributed by atoms with E-state index >= 15 is 0 Å². The summed E-state index contributed by atoms with van der Waals surface area (Å²) in [6, 6.07) is 11.4. The highest BCUT2D eigenvalue weighted by molar-refractivity contribution is 5.82. The summed E-state index contributed by atoms with van der Waals surface area (Å²) in [5.41, 5.74) is 2.69. The smallest absolute Gasteiger partial charge is 0.306 e. The van der Waals surface area contributed by atoms with E-state index in [2.05, 4.69) is 17.1 Å². The lowest BCUT2D eigenvalue weighted by atomic mass is 9.87. The maximum Gasteiger partial charge on any atom is 0.306 e. The average molecular weight is 494 g/mol. The van der Waals surface area contributed by atoms with Gasteiger partial charge in [0, 0.05) is 26.1 Å². The number of benzene rings is 2. The van der Waals surface area contributed by atoms with Crippen LogP contribution in [0.5, 0.6) is 11.5 Å². The molecule has 1 atom stereocenters. The molecular weight excluding hydrogens is 462 g/mol. The Morgan fingerprint density at radius 2 is 1.89 bits per heavy atom. The summed E-state index contributed by atoms with van der Waals surface area (Å²) in [7, 11) is 4.78. The third-order valence-electron chi connectivity index (χ3n) is 6.66. The molecule has 0 saturated carbocycles. The van der Waals surface area contributed by atoms with Gasteiger partial charge in [-0.15, -0.1) is 0 Å². The molecule has 3 aromatic rings.